The Morgan fingerprint density at radius 1 is 1.10 bits per heavy atom. The summed E-state index contributed by atoms with van der Waals surface area (Å²) in [5, 5.41) is 12.5. The molecule has 4 atom stereocenters. The molecule has 0 radical (unpaired) electrons. The van der Waals surface area contributed by atoms with Crippen molar-refractivity contribution in [2.45, 2.75) is 25.3 Å². The van der Waals surface area contributed by atoms with Crippen molar-refractivity contribution in [1.29, 1.82) is 0 Å². The Hall–Kier alpha value is -2.34. The molecule has 2 heterocycles. The molecule has 1 aromatic carbocycles. The zero-order valence-corrected chi connectivity index (χ0v) is 25.9. The molecule has 4 aliphatic rings. The number of carbonyl (C=O) groups is 4. The van der Waals surface area contributed by atoms with E-state index >= 15 is 0 Å². The van der Waals surface area contributed by atoms with Crippen LogP contribution in [-0.4, -0.2) is 40.5 Å². The second kappa shape index (κ2) is 9.94. The molecule has 200 valence electrons. The molecule has 7 nitrogen and oxygen atoms in total. The molecule has 6 rings (SSSR count). The number of halogens is 3. The normalized spacial score (nSPS) is 26.3. The molecule has 2 amide bonds. The number of amides is 2. The first-order valence-electron chi connectivity index (χ1n) is 12.2. The summed E-state index contributed by atoms with van der Waals surface area (Å²) in [6.45, 7) is 0.223. The average molecular weight is 738 g/mol. The fraction of sp³-hybridized carbons (Fsp3) is 0.286. The maximum Gasteiger partial charge on any atom is 0.234 e. The number of carbonyl (C=O) groups excluding carboxylic acids is 4. The number of imide groups is 1. The lowest BCUT2D eigenvalue weighted by Gasteiger charge is -2.42. The molecule has 11 heteroatoms. The van der Waals surface area contributed by atoms with Crippen molar-refractivity contribution in [2.75, 3.05) is 7.11 Å². The molecule has 3 aliphatic carbocycles. The molecule has 1 aliphatic heterocycles. The lowest BCUT2D eigenvalue weighted by atomic mass is 9.59. The van der Waals surface area contributed by atoms with E-state index in [1.165, 1.54) is 29.4 Å². The zero-order chi connectivity index (χ0) is 27.7. The van der Waals surface area contributed by atoms with Gasteiger partial charge in [-0.15, -0.1) is 11.3 Å². The Kier molecular flexibility index (Phi) is 6.84. The monoisotopic (exact) mass is 735 g/mol. The lowest BCUT2D eigenvalue weighted by Crippen LogP contribution is -2.39. The summed E-state index contributed by atoms with van der Waals surface area (Å²) in [5.41, 5.74) is 2.12. The molecule has 0 bridgehead atoms. The van der Waals surface area contributed by atoms with Gasteiger partial charge in [-0.05, 0) is 89.6 Å². The van der Waals surface area contributed by atoms with Gasteiger partial charge in [0.05, 0.1) is 34.4 Å². The van der Waals surface area contributed by atoms with E-state index in [2.05, 4.69) is 47.8 Å². The Bertz CT molecular complexity index is 1570. The molecule has 1 fully saturated rings. The highest BCUT2D eigenvalue weighted by atomic mass is 79.9. The Labute approximate surface area is 253 Å². The quantitative estimate of drug-likeness (QED) is 0.237. The number of fused-ring (bicyclic) bond motifs is 3. The number of Topliss-reactive ketones (excluding diaryl/α,β-unsaturated/α-hetero) is 1. The van der Waals surface area contributed by atoms with Crippen LogP contribution in [0, 0.1) is 17.8 Å². The second-order valence-corrected chi connectivity index (χ2v) is 13.4. The van der Waals surface area contributed by atoms with Gasteiger partial charge in [-0.3, -0.25) is 24.1 Å². The zero-order valence-electron chi connectivity index (χ0n) is 20.4. The number of ether oxygens (including phenoxy) is 1. The minimum atomic E-state index is -0.678. The molecular weight excluding hydrogens is 718 g/mol. The van der Waals surface area contributed by atoms with Crippen molar-refractivity contribution in [3.8, 4) is 11.5 Å². The van der Waals surface area contributed by atoms with Crippen molar-refractivity contribution >= 4 is 82.5 Å². The number of aromatic hydroxyl groups is 1. The third-order valence-electron chi connectivity index (χ3n) is 8.02. The number of rotatable bonds is 4. The SMILES string of the molecule is COc1cc([C@H]2C3=CC[C@@H]4C(=O)N(Cc5cccs5)C(=O)[C@@H]4[C@@H]3CC3=C2C(=O)C=C(Br)C3=O)c(Br)c(Br)c1O. The summed E-state index contributed by atoms with van der Waals surface area (Å²) in [5.74, 6) is -3.25. The highest BCUT2D eigenvalue weighted by Gasteiger charge is 2.56. The number of phenolic OH excluding ortho intramolecular Hbond substituents is 1. The van der Waals surface area contributed by atoms with E-state index in [0.29, 0.717) is 32.1 Å². The fourth-order valence-electron chi connectivity index (χ4n) is 6.32. The summed E-state index contributed by atoms with van der Waals surface area (Å²) < 4.78 is 6.42. The number of thiophene rings is 1. The van der Waals surface area contributed by atoms with Gasteiger partial charge in [-0.2, -0.15) is 0 Å². The first kappa shape index (κ1) is 26.9. The van der Waals surface area contributed by atoms with Crippen LogP contribution in [0.3, 0.4) is 0 Å². The highest BCUT2D eigenvalue weighted by Crippen LogP contribution is 2.57. The van der Waals surface area contributed by atoms with Gasteiger partial charge in [0, 0.05) is 32.5 Å². The Balaban J connectivity index is 1.51. The van der Waals surface area contributed by atoms with E-state index in [1.54, 1.807) is 6.07 Å². The number of ketones is 2. The molecule has 1 saturated heterocycles. The van der Waals surface area contributed by atoms with Crippen LogP contribution in [0.15, 0.2) is 65.9 Å². The van der Waals surface area contributed by atoms with Gasteiger partial charge >= 0.3 is 0 Å². The minimum absolute atomic E-state index is 0.109. The Morgan fingerprint density at radius 2 is 1.87 bits per heavy atom. The van der Waals surface area contributed by atoms with Crippen molar-refractivity contribution in [3.05, 3.63) is 76.3 Å². The van der Waals surface area contributed by atoms with E-state index in [0.717, 1.165) is 10.5 Å². The van der Waals surface area contributed by atoms with Crippen LogP contribution in [0.4, 0.5) is 0 Å². The number of methoxy groups -OCH3 is 1. The average Bonchev–Trinajstić information content (AvgIpc) is 3.52. The highest BCUT2D eigenvalue weighted by molar-refractivity contribution is 9.13. The maximum absolute atomic E-state index is 13.8. The number of nitrogens with zero attached hydrogens (tertiary/aromatic N) is 1. The van der Waals surface area contributed by atoms with E-state index < -0.39 is 23.7 Å². The molecule has 1 N–H and O–H groups in total. The van der Waals surface area contributed by atoms with Gasteiger partial charge in [0.25, 0.3) is 0 Å². The van der Waals surface area contributed by atoms with Crippen molar-refractivity contribution < 1.29 is 29.0 Å². The van der Waals surface area contributed by atoms with Crippen LogP contribution in [0.2, 0.25) is 0 Å². The summed E-state index contributed by atoms with van der Waals surface area (Å²) in [6.07, 6.45) is 3.79. The van der Waals surface area contributed by atoms with E-state index in [9.17, 15) is 24.3 Å². The fourth-order valence-corrected chi connectivity index (χ4v) is 8.41. The van der Waals surface area contributed by atoms with Crippen LogP contribution in [-0.2, 0) is 25.7 Å². The minimum Gasteiger partial charge on any atom is -0.503 e. The largest absolute Gasteiger partial charge is 0.503 e. The first-order valence-corrected chi connectivity index (χ1v) is 15.4. The third kappa shape index (κ3) is 4.07. The number of benzene rings is 1. The van der Waals surface area contributed by atoms with Gasteiger partial charge < -0.3 is 9.84 Å². The first-order chi connectivity index (χ1) is 18.6. The topological polar surface area (TPSA) is 101 Å². The summed E-state index contributed by atoms with van der Waals surface area (Å²) in [6, 6.07) is 5.43. The van der Waals surface area contributed by atoms with Gasteiger partial charge in [0.1, 0.15) is 0 Å². The lowest BCUT2D eigenvalue weighted by molar-refractivity contribution is -0.140. The molecule has 0 saturated carbocycles. The number of allylic oxidation sites excluding steroid dienone is 6. The van der Waals surface area contributed by atoms with Crippen molar-refractivity contribution in [3.63, 3.8) is 0 Å². The van der Waals surface area contributed by atoms with Gasteiger partial charge in [-0.25, -0.2) is 0 Å². The van der Waals surface area contributed by atoms with Gasteiger partial charge in [-0.1, -0.05) is 17.7 Å². The van der Waals surface area contributed by atoms with Gasteiger partial charge in [0.15, 0.2) is 23.1 Å². The van der Waals surface area contributed by atoms with E-state index in [4.69, 9.17) is 4.74 Å². The predicted octanol–water partition coefficient (Wildman–Crippen LogP) is 5.95. The molecular formula is C28H20Br3NO6S. The van der Waals surface area contributed by atoms with Crippen molar-refractivity contribution in [1.82, 2.24) is 4.90 Å². The van der Waals surface area contributed by atoms with E-state index in [1.807, 2.05) is 23.6 Å². The summed E-state index contributed by atoms with van der Waals surface area (Å²) in [4.78, 5) is 56.4. The number of phenols is 1. The summed E-state index contributed by atoms with van der Waals surface area (Å²) in [7, 11) is 1.43. The molecule has 39 heavy (non-hydrogen) atoms. The molecule has 0 unspecified atom stereocenters. The maximum atomic E-state index is 13.8. The predicted molar refractivity (Wildman–Crippen MR) is 155 cm³/mol. The Morgan fingerprint density at radius 3 is 2.56 bits per heavy atom. The number of hydrogen-bond acceptors (Lipinski definition) is 7. The summed E-state index contributed by atoms with van der Waals surface area (Å²) >= 11 is 11.7. The van der Waals surface area contributed by atoms with Crippen LogP contribution < -0.4 is 4.74 Å². The molecule has 0 spiro atoms. The smallest absolute Gasteiger partial charge is 0.234 e. The third-order valence-corrected chi connectivity index (χ3v) is 11.6. The van der Waals surface area contributed by atoms with Crippen LogP contribution in [0.5, 0.6) is 11.5 Å². The standard InChI is InChI=1S/C28H20Br3NO6S/c1-38-19-8-15(23(30)24(31)26(19)35)20-12-4-5-13-21(28(37)32(27(13)36)10-11-3-2-6-39-11)14(12)7-16-22(20)18(33)9-17(29)25(16)34/h2-4,6,8-9,13-14,20-21,35H,5,7,10H2,1H3/t13-,14+,20+,21-/m0/s1. The van der Waals surface area contributed by atoms with Gasteiger partial charge in [0.2, 0.25) is 11.8 Å². The number of likely N-dealkylation sites (tertiary alicyclic amines) is 1. The van der Waals surface area contributed by atoms with Crippen LogP contribution in [0.1, 0.15) is 29.2 Å². The van der Waals surface area contributed by atoms with Crippen LogP contribution in [0.25, 0.3) is 0 Å². The second-order valence-electron chi connectivity index (χ2n) is 9.88. The van der Waals surface area contributed by atoms with Crippen molar-refractivity contribution in [2.24, 2.45) is 17.8 Å². The molecule has 2 aromatic rings. The van der Waals surface area contributed by atoms with E-state index in [-0.39, 0.29) is 52.3 Å². The molecule has 1 aromatic heterocycles. The van der Waals surface area contributed by atoms with Crippen LogP contribution >= 0.6 is 59.1 Å². The number of hydrogen-bond donors (Lipinski definition) is 1.